The summed E-state index contributed by atoms with van der Waals surface area (Å²) in [6.07, 6.45) is 1.23. The Morgan fingerprint density at radius 2 is 1.92 bits per heavy atom. The van der Waals surface area contributed by atoms with Crippen molar-refractivity contribution >= 4 is 26.7 Å². The van der Waals surface area contributed by atoms with E-state index in [2.05, 4.69) is 13.8 Å². The van der Waals surface area contributed by atoms with Crippen molar-refractivity contribution in [2.24, 2.45) is 5.92 Å². The number of benzene rings is 2. The summed E-state index contributed by atoms with van der Waals surface area (Å²) < 4.78 is 36.8. The van der Waals surface area contributed by atoms with Crippen LogP contribution in [-0.2, 0) is 9.84 Å². The van der Waals surface area contributed by atoms with E-state index < -0.39 is 27.8 Å². The molecule has 190 valence electrons. The van der Waals surface area contributed by atoms with Crippen molar-refractivity contribution < 1.29 is 22.4 Å². The minimum Gasteiger partial charge on any atom is -0.494 e. The van der Waals surface area contributed by atoms with Crippen LogP contribution in [0.15, 0.2) is 45.6 Å². The van der Waals surface area contributed by atoms with Crippen molar-refractivity contribution in [2.45, 2.75) is 52.6 Å². The molecule has 1 saturated heterocycles. The third-order valence-electron chi connectivity index (χ3n) is 7.08. The SMILES string of the molecule is Cc1cc(C)c2oc3c(c(=O)c2c1)C(c1cccc(OCCC(C)C)c1)N(C1CCS(=O)(=O)C1)C3=O. The van der Waals surface area contributed by atoms with Crippen molar-refractivity contribution in [1.29, 1.82) is 0 Å². The molecule has 0 radical (unpaired) electrons. The molecule has 0 spiro atoms. The lowest BCUT2D eigenvalue weighted by atomic mass is 9.96. The highest BCUT2D eigenvalue weighted by atomic mass is 32.2. The predicted octanol–water partition coefficient (Wildman–Crippen LogP) is 4.57. The van der Waals surface area contributed by atoms with Gasteiger partial charge in [-0.25, -0.2) is 8.42 Å². The van der Waals surface area contributed by atoms with Gasteiger partial charge in [0.1, 0.15) is 11.3 Å². The van der Waals surface area contributed by atoms with Crippen LogP contribution in [0.25, 0.3) is 11.0 Å². The first-order chi connectivity index (χ1) is 17.1. The second kappa shape index (κ2) is 9.07. The van der Waals surface area contributed by atoms with E-state index in [9.17, 15) is 18.0 Å². The normalized spacial score (nSPS) is 20.9. The molecule has 3 aromatic rings. The van der Waals surface area contributed by atoms with Crippen LogP contribution in [0.1, 0.15) is 65.5 Å². The van der Waals surface area contributed by atoms with Gasteiger partial charge in [0, 0.05) is 6.04 Å². The smallest absolute Gasteiger partial charge is 0.291 e. The maximum absolute atomic E-state index is 13.9. The second-order valence-electron chi connectivity index (χ2n) is 10.4. The number of nitrogens with zero attached hydrogens (tertiary/aromatic N) is 1. The molecule has 7 nitrogen and oxygen atoms in total. The summed E-state index contributed by atoms with van der Waals surface area (Å²) in [6, 6.07) is 9.79. The molecule has 8 heteroatoms. The monoisotopic (exact) mass is 509 g/mol. The second-order valence-corrected chi connectivity index (χ2v) is 12.6. The first kappa shape index (κ1) is 24.6. The van der Waals surface area contributed by atoms with E-state index in [-0.39, 0.29) is 28.3 Å². The summed E-state index contributed by atoms with van der Waals surface area (Å²) in [5.41, 5.74) is 2.80. The number of carbonyl (C=O) groups is 1. The molecule has 5 rings (SSSR count). The first-order valence-electron chi connectivity index (χ1n) is 12.4. The van der Waals surface area contributed by atoms with Crippen molar-refractivity contribution in [3.63, 3.8) is 0 Å². The third kappa shape index (κ3) is 4.32. The molecule has 1 fully saturated rings. The molecular weight excluding hydrogens is 478 g/mol. The zero-order chi connectivity index (χ0) is 25.8. The Bertz CT molecular complexity index is 1520. The summed E-state index contributed by atoms with van der Waals surface area (Å²) in [5, 5.41) is 0.425. The van der Waals surface area contributed by atoms with Gasteiger partial charge in [-0.05, 0) is 67.5 Å². The van der Waals surface area contributed by atoms with Gasteiger partial charge in [-0.3, -0.25) is 9.59 Å². The highest BCUT2D eigenvalue weighted by Crippen LogP contribution is 2.42. The predicted molar refractivity (Wildman–Crippen MR) is 138 cm³/mol. The highest BCUT2D eigenvalue weighted by Gasteiger charge is 2.48. The number of aryl methyl sites for hydroxylation is 2. The van der Waals surface area contributed by atoms with Gasteiger partial charge in [0.15, 0.2) is 15.3 Å². The molecule has 0 N–H and O–H groups in total. The molecule has 2 aliphatic heterocycles. The quantitative estimate of drug-likeness (QED) is 0.483. The van der Waals surface area contributed by atoms with Crippen molar-refractivity contribution in [3.05, 3.63) is 74.6 Å². The van der Waals surface area contributed by atoms with Crippen molar-refractivity contribution in [3.8, 4) is 5.75 Å². The summed E-state index contributed by atoms with van der Waals surface area (Å²) in [6.45, 7) is 8.57. The van der Waals surface area contributed by atoms with Crippen LogP contribution < -0.4 is 10.2 Å². The van der Waals surface area contributed by atoms with Gasteiger partial charge in [-0.15, -0.1) is 0 Å². The standard InChI is InChI=1S/C28H31NO6S/c1-16(2)8-10-34-21-7-5-6-19(14-21)24-23-25(30)22-13-17(3)12-18(4)26(22)35-27(23)28(31)29(24)20-9-11-36(32,33)15-20/h5-7,12-14,16,20,24H,8-11,15H2,1-4H3. The largest absolute Gasteiger partial charge is 0.494 e. The molecule has 2 atom stereocenters. The van der Waals surface area contributed by atoms with Crippen LogP contribution in [0.5, 0.6) is 5.75 Å². The van der Waals surface area contributed by atoms with Gasteiger partial charge < -0.3 is 14.1 Å². The van der Waals surface area contributed by atoms with Crippen molar-refractivity contribution in [2.75, 3.05) is 18.1 Å². The maximum Gasteiger partial charge on any atom is 0.291 e. The Morgan fingerprint density at radius 1 is 1.14 bits per heavy atom. The fraction of sp³-hybridized carbons (Fsp3) is 0.429. The molecule has 3 heterocycles. The lowest BCUT2D eigenvalue weighted by molar-refractivity contribution is 0.0662. The van der Waals surface area contributed by atoms with E-state index in [4.69, 9.17) is 9.15 Å². The van der Waals surface area contributed by atoms with Gasteiger partial charge in [0.2, 0.25) is 5.76 Å². The number of rotatable bonds is 6. The number of fused-ring (bicyclic) bond motifs is 2. The Morgan fingerprint density at radius 3 is 2.61 bits per heavy atom. The molecule has 0 aliphatic carbocycles. The van der Waals surface area contributed by atoms with E-state index in [0.717, 1.165) is 17.5 Å². The van der Waals surface area contributed by atoms with Gasteiger partial charge in [0.05, 0.1) is 35.1 Å². The molecule has 2 aromatic carbocycles. The van der Waals surface area contributed by atoms with Gasteiger partial charge in [0.25, 0.3) is 5.91 Å². The minimum absolute atomic E-state index is 0.000111. The summed E-state index contributed by atoms with van der Waals surface area (Å²) in [5.74, 6) is 0.591. The van der Waals surface area contributed by atoms with Crippen LogP contribution in [0.3, 0.4) is 0 Å². The number of hydrogen-bond acceptors (Lipinski definition) is 6. The van der Waals surface area contributed by atoms with E-state index in [0.29, 0.717) is 41.2 Å². The zero-order valence-electron chi connectivity index (χ0n) is 21.0. The first-order valence-corrected chi connectivity index (χ1v) is 14.2. The van der Waals surface area contributed by atoms with Gasteiger partial charge >= 0.3 is 0 Å². The van der Waals surface area contributed by atoms with E-state index in [1.54, 1.807) is 11.0 Å². The van der Waals surface area contributed by atoms with Gasteiger partial charge in [-0.2, -0.15) is 0 Å². The van der Waals surface area contributed by atoms with E-state index in [1.165, 1.54) is 0 Å². The van der Waals surface area contributed by atoms with Gasteiger partial charge in [-0.1, -0.05) is 32.0 Å². The summed E-state index contributed by atoms with van der Waals surface area (Å²) >= 11 is 0. The number of ether oxygens (including phenoxy) is 1. The maximum atomic E-state index is 13.9. The molecule has 0 bridgehead atoms. The van der Waals surface area contributed by atoms with E-state index >= 15 is 0 Å². The van der Waals surface area contributed by atoms with Crippen LogP contribution in [-0.4, -0.2) is 43.4 Å². The number of carbonyl (C=O) groups excluding carboxylic acids is 1. The molecule has 2 unspecified atom stereocenters. The lowest BCUT2D eigenvalue weighted by Gasteiger charge is -2.30. The molecular formula is C28H31NO6S. The topological polar surface area (TPSA) is 93.9 Å². The molecule has 1 aromatic heterocycles. The Kier molecular flexibility index (Phi) is 6.19. The van der Waals surface area contributed by atoms with Crippen LogP contribution in [0.2, 0.25) is 0 Å². The molecule has 0 saturated carbocycles. The average Bonchev–Trinajstić information content (AvgIpc) is 3.31. The third-order valence-corrected chi connectivity index (χ3v) is 8.83. The number of sulfone groups is 1. The highest BCUT2D eigenvalue weighted by molar-refractivity contribution is 7.91. The summed E-state index contributed by atoms with van der Waals surface area (Å²) in [4.78, 5) is 29.2. The van der Waals surface area contributed by atoms with Crippen molar-refractivity contribution in [1.82, 2.24) is 4.90 Å². The fourth-order valence-corrected chi connectivity index (χ4v) is 7.04. The fourth-order valence-electron chi connectivity index (χ4n) is 5.33. The zero-order valence-corrected chi connectivity index (χ0v) is 21.9. The Balaban J connectivity index is 1.67. The number of amides is 1. The van der Waals surface area contributed by atoms with Crippen LogP contribution in [0.4, 0.5) is 0 Å². The van der Waals surface area contributed by atoms with Crippen LogP contribution >= 0.6 is 0 Å². The summed E-state index contributed by atoms with van der Waals surface area (Å²) in [7, 11) is -3.27. The molecule has 2 aliphatic rings. The molecule has 36 heavy (non-hydrogen) atoms. The Hall–Kier alpha value is -3.13. The number of hydrogen-bond donors (Lipinski definition) is 0. The van der Waals surface area contributed by atoms with Crippen LogP contribution in [0, 0.1) is 19.8 Å². The molecule has 1 amide bonds. The van der Waals surface area contributed by atoms with E-state index in [1.807, 2.05) is 44.2 Å². The Labute approximate surface area is 211 Å². The lowest BCUT2D eigenvalue weighted by Crippen LogP contribution is -2.40. The minimum atomic E-state index is -3.27. The average molecular weight is 510 g/mol.